The van der Waals surface area contributed by atoms with Gasteiger partial charge >= 0.3 is 0 Å². The van der Waals surface area contributed by atoms with E-state index in [2.05, 4.69) is 5.32 Å². The van der Waals surface area contributed by atoms with Crippen LogP contribution in [0, 0.1) is 0 Å². The highest BCUT2D eigenvalue weighted by Gasteiger charge is 2.19. The summed E-state index contributed by atoms with van der Waals surface area (Å²) in [5.41, 5.74) is 1.69. The molecule has 0 aliphatic heterocycles. The molecule has 6 heteroatoms. The Balaban J connectivity index is 2.77. The van der Waals surface area contributed by atoms with E-state index in [0.717, 1.165) is 22.4 Å². The summed E-state index contributed by atoms with van der Waals surface area (Å²) in [4.78, 5) is 25.2. The zero-order valence-electron chi connectivity index (χ0n) is 11.8. The molecule has 2 aromatic heterocycles. The molecule has 0 saturated carbocycles. The van der Waals surface area contributed by atoms with Crippen molar-refractivity contribution >= 4 is 27.5 Å². The SMILES string of the molecule is CCNC(=O)c1cn(C)c2c(CC)c(CO)sc2c1=O. The molecule has 0 atom stereocenters. The van der Waals surface area contributed by atoms with E-state index in [1.807, 2.05) is 20.9 Å². The maximum absolute atomic E-state index is 12.4. The Morgan fingerprint density at radius 3 is 2.70 bits per heavy atom. The molecule has 0 fully saturated rings. The van der Waals surface area contributed by atoms with Crippen molar-refractivity contribution in [2.24, 2.45) is 7.05 Å². The Labute approximate surface area is 120 Å². The lowest BCUT2D eigenvalue weighted by molar-refractivity contribution is 0.0954. The molecular formula is C14H18N2O3S. The number of pyridine rings is 1. The van der Waals surface area contributed by atoms with E-state index in [1.165, 1.54) is 11.3 Å². The second-order valence-electron chi connectivity index (χ2n) is 4.54. The fraction of sp³-hybridized carbons (Fsp3) is 0.429. The summed E-state index contributed by atoms with van der Waals surface area (Å²) >= 11 is 1.28. The van der Waals surface area contributed by atoms with Gasteiger partial charge in [0.05, 0.1) is 16.8 Å². The number of aryl methyl sites for hydroxylation is 2. The average molecular weight is 294 g/mol. The number of fused-ring (bicyclic) bond motifs is 1. The number of rotatable bonds is 4. The molecule has 2 aromatic rings. The van der Waals surface area contributed by atoms with Crippen LogP contribution in [0.15, 0.2) is 11.0 Å². The van der Waals surface area contributed by atoms with Crippen molar-refractivity contribution in [3.05, 3.63) is 32.4 Å². The van der Waals surface area contributed by atoms with Gasteiger partial charge in [0.25, 0.3) is 5.91 Å². The van der Waals surface area contributed by atoms with Crippen LogP contribution in [-0.2, 0) is 20.1 Å². The van der Waals surface area contributed by atoms with E-state index in [9.17, 15) is 14.7 Å². The van der Waals surface area contributed by atoms with Gasteiger partial charge in [-0.15, -0.1) is 11.3 Å². The molecule has 20 heavy (non-hydrogen) atoms. The fourth-order valence-electron chi connectivity index (χ4n) is 2.38. The molecule has 2 N–H and O–H groups in total. The van der Waals surface area contributed by atoms with Crippen molar-refractivity contribution in [2.45, 2.75) is 26.9 Å². The van der Waals surface area contributed by atoms with Gasteiger partial charge in [0, 0.05) is 24.7 Å². The normalized spacial score (nSPS) is 11.0. The molecule has 0 saturated heterocycles. The Kier molecular flexibility index (Phi) is 4.25. The van der Waals surface area contributed by atoms with Gasteiger partial charge < -0.3 is 15.0 Å². The minimum atomic E-state index is -0.355. The van der Waals surface area contributed by atoms with Crippen molar-refractivity contribution in [2.75, 3.05) is 6.54 Å². The minimum absolute atomic E-state index is 0.0849. The van der Waals surface area contributed by atoms with Crippen molar-refractivity contribution in [1.82, 2.24) is 9.88 Å². The van der Waals surface area contributed by atoms with Gasteiger partial charge in [-0.25, -0.2) is 0 Å². The van der Waals surface area contributed by atoms with Gasteiger partial charge in [-0.1, -0.05) is 6.92 Å². The van der Waals surface area contributed by atoms with E-state index in [4.69, 9.17) is 0 Å². The number of hydrogen-bond donors (Lipinski definition) is 2. The number of aliphatic hydroxyl groups is 1. The number of amides is 1. The highest BCUT2D eigenvalue weighted by molar-refractivity contribution is 7.19. The average Bonchev–Trinajstić information content (AvgIpc) is 2.82. The Hall–Kier alpha value is -1.66. The molecule has 2 rings (SSSR count). The monoisotopic (exact) mass is 294 g/mol. The quantitative estimate of drug-likeness (QED) is 0.895. The minimum Gasteiger partial charge on any atom is -0.391 e. The number of aliphatic hydroxyl groups excluding tert-OH is 1. The summed E-state index contributed by atoms with van der Waals surface area (Å²) in [6.07, 6.45) is 2.31. The number of aromatic nitrogens is 1. The summed E-state index contributed by atoms with van der Waals surface area (Å²) in [7, 11) is 1.82. The van der Waals surface area contributed by atoms with Crippen LogP contribution in [0.2, 0.25) is 0 Å². The third kappa shape index (κ3) is 2.25. The zero-order chi connectivity index (χ0) is 14.9. The van der Waals surface area contributed by atoms with Crippen LogP contribution >= 0.6 is 11.3 Å². The molecule has 0 aliphatic carbocycles. The molecule has 0 unspecified atom stereocenters. The first-order valence-electron chi connectivity index (χ1n) is 6.58. The highest BCUT2D eigenvalue weighted by atomic mass is 32.1. The van der Waals surface area contributed by atoms with Crippen LogP contribution in [-0.4, -0.2) is 22.1 Å². The van der Waals surface area contributed by atoms with Gasteiger partial charge in [-0.3, -0.25) is 9.59 Å². The van der Waals surface area contributed by atoms with Crippen molar-refractivity contribution in [3.8, 4) is 0 Å². The number of hydrogen-bond acceptors (Lipinski definition) is 4. The van der Waals surface area contributed by atoms with Crippen molar-refractivity contribution in [1.29, 1.82) is 0 Å². The number of thiophene rings is 1. The molecule has 0 spiro atoms. The maximum Gasteiger partial charge on any atom is 0.256 e. The lowest BCUT2D eigenvalue weighted by atomic mass is 10.1. The molecule has 108 valence electrons. The third-order valence-electron chi connectivity index (χ3n) is 3.27. The largest absolute Gasteiger partial charge is 0.391 e. The summed E-state index contributed by atoms with van der Waals surface area (Å²) in [6.45, 7) is 4.19. The molecule has 0 aromatic carbocycles. The Morgan fingerprint density at radius 2 is 2.15 bits per heavy atom. The molecule has 5 nitrogen and oxygen atoms in total. The lowest BCUT2D eigenvalue weighted by Gasteiger charge is -2.08. The Bertz CT molecular complexity index is 715. The molecule has 1 amide bonds. The van der Waals surface area contributed by atoms with Gasteiger partial charge in [-0.05, 0) is 18.9 Å². The molecule has 0 aliphatic rings. The third-order valence-corrected chi connectivity index (χ3v) is 4.47. The standard InChI is InChI=1S/C14H18N2O3S/c1-4-8-10(7-17)20-13-11(8)16(3)6-9(12(13)18)14(19)15-5-2/h6,17H,4-5,7H2,1-3H3,(H,15,19). The van der Waals surface area contributed by atoms with E-state index >= 15 is 0 Å². The number of nitrogens with zero attached hydrogens (tertiary/aromatic N) is 1. The smallest absolute Gasteiger partial charge is 0.256 e. The highest BCUT2D eigenvalue weighted by Crippen LogP contribution is 2.29. The predicted octanol–water partition coefficient (Wildman–Crippen LogP) is 1.40. The number of carbonyl (C=O) groups is 1. The van der Waals surface area contributed by atoms with Crippen LogP contribution in [0.5, 0.6) is 0 Å². The van der Waals surface area contributed by atoms with Crippen LogP contribution in [0.25, 0.3) is 10.2 Å². The first-order valence-corrected chi connectivity index (χ1v) is 7.39. The van der Waals surface area contributed by atoms with Gasteiger partial charge in [0.2, 0.25) is 5.43 Å². The van der Waals surface area contributed by atoms with Crippen LogP contribution < -0.4 is 10.7 Å². The van der Waals surface area contributed by atoms with E-state index in [0.29, 0.717) is 11.2 Å². The summed E-state index contributed by atoms with van der Waals surface area (Å²) in [5, 5.41) is 12.1. The second-order valence-corrected chi connectivity index (χ2v) is 5.64. The van der Waals surface area contributed by atoms with Gasteiger partial charge in [0.15, 0.2) is 0 Å². The molecular weight excluding hydrogens is 276 g/mol. The van der Waals surface area contributed by atoms with E-state index in [-0.39, 0.29) is 23.5 Å². The summed E-state index contributed by atoms with van der Waals surface area (Å²) in [6, 6.07) is 0. The fourth-order valence-corrected chi connectivity index (χ4v) is 3.62. The van der Waals surface area contributed by atoms with Crippen molar-refractivity contribution < 1.29 is 9.90 Å². The first-order chi connectivity index (χ1) is 9.54. The van der Waals surface area contributed by atoms with Crippen LogP contribution in [0.1, 0.15) is 34.6 Å². The second kappa shape index (κ2) is 5.76. The molecule has 0 bridgehead atoms. The molecule has 0 radical (unpaired) electrons. The molecule has 2 heterocycles. The topological polar surface area (TPSA) is 71.3 Å². The first kappa shape index (κ1) is 14.7. The summed E-state index contributed by atoms with van der Waals surface area (Å²) in [5.74, 6) is -0.355. The van der Waals surface area contributed by atoms with Crippen molar-refractivity contribution in [3.63, 3.8) is 0 Å². The summed E-state index contributed by atoms with van der Waals surface area (Å²) < 4.78 is 2.34. The number of nitrogens with one attached hydrogen (secondary N) is 1. The van der Waals surface area contributed by atoms with E-state index < -0.39 is 0 Å². The van der Waals surface area contributed by atoms with Crippen LogP contribution in [0.4, 0.5) is 0 Å². The Morgan fingerprint density at radius 1 is 1.45 bits per heavy atom. The predicted molar refractivity (Wildman–Crippen MR) is 80.4 cm³/mol. The van der Waals surface area contributed by atoms with E-state index in [1.54, 1.807) is 10.8 Å². The maximum atomic E-state index is 12.4. The zero-order valence-corrected chi connectivity index (χ0v) is 12.6. The lowest BCUT2D eigenvalue weighted by Crippen LogP contribution is -2.29. The van der Waals surface area contributed by atoms with Gasteiger partial charge in [0.1, 0.15) is 5.56 Å². The number of carbonyl (C=O) groups excluding carboxylic acids is 1. The van der Waals surface area contributed by atoms with Gasteiger partial charge in [-0.2, -0.15) is 0 Å². The van der Waals surface area contributed by atoms with Crippen LogP contribution in [0.3, 0.4) is 0 Å².